The maximum absolute atomic E-state index is 13.5. The van der Waals surface area contributed by atoms with Crippen molar-refractivity contribution in [3.8, 4) is 0 Å². The number of nitrogens with one attached hydrogen (secondary N) is 1. The predicted molar refractivity (Wildman–Crippen MR) is 126 cm³/mol. The minimum absolute atomic E-state index is 0.0343. The van der Waals surface area contributed by atoms with Gasteiger partial charge in [0.05, 0.1) is 10.9 Å². The number of aryl methyl sites for hydroxylation is 1. The first-order chi connectivity index (χ1) is 15.4. The summed E-state index contributed by atoms with van der Waals surface area (Å²) >= 11 is 6.19. The van der Waals surface area contributed by atoms with Gasteiger partial charge >= 0.3 is 0 Å². The van der Waals surface area contributed by atoms with Gasteiger partial charge in [-0.3, -0.25) is 4.79 Å². The van der Waals surface area contributed by atoms with E-state index in [2.05, 4.69) is 5.32 Å². The highest BCUT2D eigenvalue weighted by atomic mass is 35.5. The summed E-state index contributed by atoms with van der Waals surface area (Å²) in [7, 11) is -3.76. The van der Waals surface area contributed by atoms with Crippen LogP contribution in [0.2, 0.25) is 5.02 Å². The van der Waals surface area contributed by atoms with Gasteiger partial charge in [-0.25, -0.2) is 8.42 Å². The first-order valence-electron chi connectivity index (χ1n) is 10.5. The molecule has 3 aromatic rings. The molecule has 1 unspecified atom stereocenters. The Balaban J connectivity index is 1.60. The quantitative estimate of drug-likeness (QED) is 0.573. The zero-order valence-corrected chi connectivity index (χ0v) is 19.4. The smallest absolute Gasteiger partial charge is 0.243 e. The summed E-state index contributed by atoms with van der Waals surface area (Å²) in [6.45, 7) is 2.53. The molecule has 1 heterocycles. The fraction of sp³-hybridized carbons (Fsp3) is 0.240. The van der Waals surface area contributed by atoms with Crippen molar-refractivity contribution in [2.24, 2.45) is 0 Å². The molecule has 0 aliphatic carbocycles. The van der Waals surface area contributed by atoms with E-state index in [1.807, 2.05) is 49.4 Å². The van der Waals surface area contributed by atoms with Gasteiger partial charge in [0.2, 0.25) is 15.9 Å². The van der Waals surface area contributed by atoms with Crippen LogP contribution in [0.4, 0.5) is 0 Å². The summed E-state index contributed by atoms with van der Waals surface area (Å²) in [6.07, 6.45) is 0.644. The third-order valence-electron chi connectivity index (χ3n) is 5.80. The van der Waals surface area contributed by atoms with Crippen LogP contribution in [0.15, 0.2) is 77.7 Å². The topological polar surface area (TPSA) is 66.5 Å². The molecule has 0 bridgehead atoms. The Labute approximate surface area is 194 Å². The molecule has 0 saturated heterocycles. The number of hydrogen-bond acceptors (Lipinski definition) is 3. The molecule has 1 aliphatic rings. The molecule has 1 N–H and O–H groups in total. The Morgan fingerprint density at radius 3 is 2.47 bits per heavy atom. The van der Waals surface area contributed by atoms with Crippen molar-refractivity contribution < 1.29 is 13.2 Å². The standard InChI is InChI=1S/C25H25ClN2O3S/c1-18-10-12-21(13-11-18)32(30,31)28-15-14-19-6-2-4-8-22(19)24(28)16-25(29)27-17-20-7-3-5-9-23(20)26/h2-13,24H,14-17H2,1H3,(H,27,29). The van der Waals surface area contributed by atoms with Crippen LogP contribution >= 0.6 is 11.6 Å². The van der Waals surface area contributed by atoms with E-state index in [0.29, 0.717) is 18.0 Å². The normalized spacial score (nSPS) is 16.4. The number of sulfonamides is 1. The van der Waals surface area contributed by atoms with Crippen LogP contribution < -0.4 is 5.32 Å². The van der Waals surface area contributed by atoms with Gasteiger partial charge in [0.15, 0.2) is 0 Å². The van der Waals surface area contributed by atoms with Gasteiger partial charge in [0.25, 0.3) is 0 Å². The highest BCUT2D eigenvalue weighted by Gasteiger charge is 2.37. The van der Waals surface area contributed by atoms with Crippen LogP contribution in [0.5, 0.6) is 0 Å². The van der Waals surface area contributed by atoms with E-state index in [1.54, 1.807) is 30.3 Å². The summed E-state index contributed by atoms with van der Waals surface area (Å²) in [5.74, 6) is -0.226. The van der Waals surface area contributed by atoms with Crippen molar-refractivity contribution in [1.29, 1.82) is 0 Å². The van der Waals surface area contributed by atoms with Crippen molar-refractivity contribution in [3.63, 3.8) is 0 Å². The van der Waals surface area contributed by atoms with Gasteiger partial charge < -0.3 is 5.32 Å². The molecule has 0 saturated carbocycles. The summed E-state index contributed by atoms with van der Waals surface area (Å²) in [4.78, 5) is 13.1. The Bertz CT molecular complexity index is 1230. The average molecular weight is 469 g/mol. The lowest BCUT2D eigenvalue weighted by molar-refractivity contribution is -0.122. The molecular weight excluding hydrogens is 444 g/mol. The molecule has 4 rings (SSSR count). The summed E-state index contributed by atoms with van der Waals surface area (Å²) in [5.41, 5.74) is 3.76. The summed E-state index contributed by atoms with van der Waals surface area (Å²) in [5, 5.41) is 3.48. The van der Waals surface area contributed by atoms with Crippen LogP contribution in [-0.2, 0) is 27.8 Å². The highest BCUT2D eigenvalue weighted by molar-refractivity contribution is 7.89. The Morgan fingerprint density at radius 1 is 1.03 bits per heavy atom. The number of hydrogen-bond donors (Lipinski definition) is 1. The number of amides is 1. The van der Waals surface area contributed by atoms with Gasteiger partial charge in [-0.1, -0.05) is 71.8 Å². The average Bonchev–Trinajstić information content (AvgIpc) is 2.79. The molecule has 5 nitrogen and oxygen atoms in total. The van der Waals surface area contributed by atoms with Gasteiger partial charge in [-0.15, -0.1) is 0 Å². The maximum atomic E-state index is 13.5. The molecule has 1 atom stereocenters. The van der Waals surface area contributed by atoms with Crippen molar-refractivity contribution in [3.05, 3.63) is 100 Å². The summed E-state index contributed by atoms with van der Waals surface area (Å²) in [6, 6.07) is 21.3. The van der Waals surface area contributed by atoms with E-state index in [-0.39, 0.29) is 23.8 Å². The van der Waals surface area contributed by atoms with Crippen molar-refractivity contribution in [2.45, 2.75) is 37.2 Å². The number of carbonyl (C=O) groups is 1. The van der Waals surface area contributed by atoms with Gasteiger partial charge in [0, 0.05) is 24.5 Å². The lowest BCUT2D eigenvalue weighted by Gasteiger charge is -2.36. The fourth-order valence-corrected chi connectivity index (χ4v) is 5.87. The van der Waals surface area contributed by atoms with Crippen LogP contribution in [0.25, 0.3) is 0 Å². The van der Waals surface area contributed by atoms with E-state index in [9.17, 15) is 13.2 Å². The second-order valence-electron chi connectivity index (χ2n) is 7.97. The number of fused-ring (bicyclic) bond motifs is 1. The number of rotatable bonds is 6. The molecule has 0 aromatic heterocycles. The van der Waals surface area contributed by atoms with Crippen molar-refractivity contribution in [1.82, 2.24) is 9.62 Å². The molecule has 32 heavy (non-hydrogen) atoms. The van der Waals surface area contributed by atoms with E-state index >= 15 is 0 Å². The monoisotopic (exact) mass is 468 g/mol. The van der Waals surface area contributed by atoms with Gasteiger partial charge in [-0.2, -0.15) is 4.31 Å². The minimum atomic E-state index is -3.76. The number of benzene rings is 3. The van der Waals surface area contributed by atoms with Gasteiger partial charge in [-0.05, 0) is 48.2 Å². The highest BCUT2D eigenvalue weighted by Crippen LogP contribution is 2.36. The number of nitrogens with zero attached hydrogens (tertiary/aromatic N) is 1. The molecule has 7 heteroatoms. The minimum Gasteiger partial charge on any atom is -0.352 e. The Morgan fingerprint density at radius 2 is 1.72 bits per heavy atom. The predicted octanol–water partition coefficient (Wildman–Crippen LogP) is 4.64. The largest absolute Gasteiger partial charge is 0.352 e. The zero-order valence-electron chi connectivity index (χ0n) is 17.8. The SMILES string of the molecule is Cc1ccc(S(=O)(=O)N2CCc3ccccc3C2CC(=O)NCc2ccccc2Cl)cc1. The third kappa shape index (κ3) is 4.72. The Kier molecular flexibility index (Phi) is 6.65. The van der Waals surface area contributed by atoms with Crippen LogP contribution in [0, 0.1) is 6.92 Å². The maximum Gasteiger partial charge on any atom is 0.243 e. The second kappa shape index (κ2) is 9.45. The van der Waals surface area contributed by atoms with Crippen molar-refractivity contribution in [2.75, 3.05) is 6.54 Å². The first kappa shape index (κ1) is 22.5. The molecule has 0 radical (unpaired) electrons. The Hall–Kier alpha value is -2.67. The molecule has 0 fully saturated rings. The van der Waals surface area contributed by atoms with E-state index in [1.165, 1.54) is 4.31 Å². The molecule has 166 valence electrons. The van der Waals surface area contributed by atoms with Crippen molar-refractivity contribution >= 4 is 27.5 Å². The molecule has 0 spiro atoms. The second-order valence-corrected chi connectivity index (χ2v) is 10.3. The fourth-order valence-electron chi connectivity index (χ4n) is 4.06. The third-order valence-corrected chi connectivity index (χ3v) is 8.09. The lowest BCUT2D eigenvalue weighted by atomic mass is 9.92. The molecule has 3 aromatic carbocycles. The molecular formula is C25H25ClN2O3S. The van der Waals surface area contributed by atoms with E-state index in [4.69, 9.17) is 11.6 Å². The lowest BCUT2D eigenvalue weighted by Crippen LogP contribution is -2.42. The zero-order chi connectivity index (χ0) is 22.7. The first-order valence-corrected chi connectivity index (χ1v) is 12.3. The van der Waals surface area contributed by atoms with Crippen LogP contribution in [0.1, 0.15) is 34.7 Å². The number of carbonyl (C=O) groups excluding carboxylic acids is 1. The molecule has 1 amide bonds. The van der Waals surface area contributed by atoms with E-state index < -0.39 is 16.1 Å². The van der Waals surface area contributed by atoms with E-state index in [0.717, 1.165) is 22.3 Å². The van der Waals surface area contributed by atoms with Gasteiger partial charge in [0.1, 0.15) is 0 Å². The van der Waals surface area contributed by atoms with Crippen LogP contribution in [-0.4, -0.2) is 25.2 Å². The summed E-state index contributed by atoms with van der Waals surface area (Å²) < 4.78 is 28.5. The number of halogens is 1. The van der Waals surface area contributed by atoms with Crippen LogP contribution in [0.3, 0.4) is 0 Å². The molecule has 1 aliphatic heterocycles.